The van der Waals surface area contributed by atoms with Crippen LogP contribution in [-0.2, 0) is 9.47 Å². The fraction of sp³-hybridized carbons (Fsp3) is 0.417. The predicted molar refractivity (Wildman–Crippen MR) is 66.3 cm³/mol. The third kappa shape index (κ3) is 2.72. The van der Waals surface area contributed by atoms with Crippen LogP contribution in [0.5, 0.6) is 0 Å². The zero-order valence-corrected chi connectivity index (χ0v) is 11.0. The van der Waals surface area contributed by atoms with E-state index in [1.165, 1.54) is 0 Å². The molecule has 1 aliphatic heterocycles. The second-order valence-electron chi connectivity index (χ2n) is 3.93. The highest BCUT2D eigenvalue weighted by Crippen LogP contribution is 2.28. The topological polar surface area (TPSA) is 76.0 Å². The Kier molecular flexibility index (Phi) is 4.34. The quantitative estimate of drug-likeness (QED) is 0.633. The Morgan fingerprint density at radius 1 is 1.39 bits per heavy atom. The first kappa shape index (κ1) is 13.5. The maximum Gasteiger partial charge on any atom is 0.338 e. The van der Waals surface area contributed by atoms with Gasteiger partial charge < -0.3 is 19.7 Å². The van der Waals surface area contributed by atoms with Crippen molar-refractivity contribution in [3.63, 3.8) is 0 Å². The largest absolute Gasteiger partial charge is 0.452 e. The molecule has 2 N–H and O–H groups in total. The van der Waals surface area contributed by atoms with E-state index in [1.54, 1.807) is 30.3 Å². The lowest BCUT2D eigenvalue weighted by atomic mass is 10.1. The van der Waals surface area contributed by atoms with Crippen molar-refractivity contribution in [2.24, 2.45) is 0 Å². The molecule has 2 rings (SSSR count). The van der Waals surface area contributed by atoms with Gasteiger partial charge in [0.15, 0.2) is 11.1 Å². The van der Waals surface area contributed by atoms with Crippen molar-refractivity contribution in [2.75, 3.05) is 6.61 Å². The molecule has 1 saturated heterocycles. The van der Waals surface area contributed by atoms with Crippen LogP contribution in [-0.4, -0.2) is 46.1 Å². The first-order valence-corrected chi connectivity index (χ1v) is 6.39. The van der Waals surface area contributed by atoms with Gasteiger partial charge in [-0.3, -0.25) is 0 Å². The minimum atomic E-state index is -1.05. The summed E-state index contributed by atoms with van der Waals surface area (Å²) in [6, 6.07) is 8.48. The Morgan fingerprint density at radius 3 is 2.61 bits per heavy atom. The molecule has 6 heteroatoms. The van der Waals surface area contributed by atoms with E-state index < -0.39 is 29.3 Å². The van der Waals surface area contributed by atoms with E-state index in [0.29, 0.717) is 5.56 Å². The van der Waals surface area contributed by atoms with Gasteiger partial charge in [0, 0.05) is 0 Å². The lowest BCUT2D eigenvalue weighted by Gasteiger charge is -2.17. The first-order valence-electron chi connectivity index (χ1n) is 5.48. The number of esters is 1. The van der Waals surface area contributed by atoms with Crippen molar-refractivity contribution in [3.8, 4) is 0 Å². The number of rotatable bonds is 3. The molecular formula is C12H13BrO5. The second-order valence-corrected chi connectivity index (χ2v) is 4.84. The number of carbonyl (C=O) groups is 1. The van der Waals surface area contributed by atoms with Crippen LogP contribution >= 0.6 is 15.9 Å². The van der Waals surface area contributed by atoms with Crippen molar-refractivity contribution >= 4 is 21.9 Å². The molecule has 1 unspecified atom stereocenters. The Hall–Kier alpha value is -0.950. The van der Waals surface area contributed by atoms with E-state index >= 15 is 0 Å². The summed E-state index contributed by atoms with van der Waals surface area (Å²) >= 11 is 3.16. The molecule has 18 heavy (non-hydrogen) atoms. The van der Waals surface area contributed by atoms with Crippen LogP contribution in [0.4, 0.5) is 0 Å². The number of aliphatic hydroxyl groups excluding tert-OH is 2. The number of hydrogen-bond donors (Lipinski definition) is 2. The molecule has 1 aliphatic rings. The molecule has 1 fully saturated rings. The lowest BCUT2D eigenvalue weighted by Crippen LogP contribution is -2.36. The standard InChI is InChI=1S/C12H13BrO5/c13-11-10(9(15)8(6-14)17-11)18-12(16)7-4-2-1-3-5-7/h1-5,8-11,14-15H,6H2/t8-,9-,10+,11?/m1/s1. The molecule has 0 aliphatic carbocycles. The second kappa shape index (κ2) is 5.79. The number of hydrogen-bond acceptors (Lipinski definition) is 5. The van der Waals surface area contributed by atoms with Crippen LogP contribution in [0, 0.1) is 0 Å². The first-order chi connectivity index (χ1) is 8.63. The molecule has 4 atom stereocenters. The minimum Gasteiger partial charge on any atom is -0.452 e. The van der Waals surface area contributed by atoms with Crippen molar-refractivity contribution in [1.82, 2.24) is 0 Å². The minimum absolute atomic E-state index is 0.331. The van der Waals surface area contributed by atoms with Gasteiger partial charge in [0.2, 0.25) is 0 Å². The summed E-state index contributed by atoms with van der Waals surface area (Å²) in [6.45, 7) is -0.331. The van der Waals surface area contributed by atoms with Crippen LogP contribution in [0.15, 0.2) is 30.3 Å². The van der Waals surface area contributed by atoms with Crippen LogP contribution in [0.2, 0.25) is 0 Å². The van der Waals surface area contributed by atoms with Crippen molar-refractivity contribution < 1.29 is 24.5 Å². The van der Waals surface area contributed by atoms with Crippen molar-refractivity contribution in [2.45, 2.75) is 23.3 Å². The molecule has 0 aromatic heterocycles. The number of alkyl halides is 1. The fourth-order valence-electron chi connectivity index (χ4n) is 1.73. The molecule has 0 bridgehead atoms. The third-order valence-electron chi connectivity index (χ3n) is 2.71. The van der Waals surface area contributed by atoms with Gasteiger partial charge in [-0.1, -0.05) is 34.1 Å². The smallest absolute Gasteiger partial charge is 0.338 e. The molecule has 1 aromatic rings. The number of halogens is 1. The number of ether oxygens (including phenoxy) is 2. The zero-order chi connectivity index (χ0) is 13.1. The van der Waals surface area contributed by atoms with Gasteiger partial charge in [0.25, 0.3) is 0 Å². The Morgan fingerprint density at radius 2 is 2.06 bits per heavy atom. The molecule has 5 nitrogen and oxygen atoms in total. The Balaban J connectivity index is 2.04. The SMILES string of the molecule is O=C(O[C@@H]1C(Br)O[C@H](CO)[C@H]1O)c1ccccc1. The molecule has 1 aromatic carbocycles. The summed E-state index contributed by atoms with van der Waals surface area (Å²) in [5.74, 6) is -0.536. The van der Waals surface area contributed by atoms with Crippen LogP contribution in [0.1, 0.15) is 10.4 Å². The van der Waals surface area contributed by atoms with Gasteiger partial charge in [0.05, 0.1) is 12.2 Å². The van der Waals surface area contributed by atoms with Gasteiger partial charge in [-0.05, 0) is 12.1 Å². The highest BCUT2D eigenvalue weighted by atomic mass is 79.9. The highest BCUT2D eigenvalue weighted by Gasteiger charge is 2.44. The van der Waals surface area contributed by atoms with E-state index in [4.69, 9.17) is 14.6 Å². The summed E-state index contributed by atoms with van der Waals surface area (Å²) < 4.78 is 10.4. The number of aliphatic hydroxyl groups is 2. The van der Waals surface area contributed by atoms with E-state index in [1.807, 2.05) is 0 Å². The summed E-state index contributed by atoms with van der Waals surface area (Å²) in [5.41, 5.74) is 0.400. The molecule has 0 spiro atoms. The van der Waals surface area contributed by atoms with Gasteiger partial charge in [-0.2, -0.15) is 0 Å². The highest BCUT2D eigenvalue weighted by molar-refractivity contribution is 9.09. The summed E-state index contributed by atoms with van der Waals surface area (Å²) in [4.78, 5) is 11.8. The summed E-state index contributed by atoms with van der Waals surface area (Å²) in [6.07, 6.45) is -2.63. The normalized spacial score (nSPS) is 31.3. The molecule has 1 heterocycles. The van der Waals surface area contributed by atoms with Gasteiger partial charge >= 0.3 is 5.97 Å². The predicted octanol–water partition coefficient (Wildman–Crippen LogP) is 0.685. The Labute approximate surface area is 112 Å². The van der Waals surface area contributed by atoms with Gasteiger partial charge in [0.1, 0.15) is 12.2 Å². The maximum atomic E-state index is 11.8. The maximum absolute atomic E-state index is 11.8. The number of carbonyl (C=O) groups excluding carboxylic acids is 1. The molecule has 0 amide bonds. The van der Waals surface area contributed by atoms with Gasteiger partial charge in [-0.25, -0.2) is 4.79 Å². The average molecular weight is 317 g/mol. The monoisotopic (exact) mass is 316 g/mol. The fourth-order valence-corrected chi connectivity index (χ4v) is 2.43. The van der Waals surface area contributed by atoms with Crippen LogP contribution in [0.3, 0.4) is 0 Å². The van der Waals surface area contributed by atoms with E-state index in [-0.39, 0.29) is 6.61 Å². The molecule has 98 valence electrons. The summed E-state index contributed by atoms with van der Waals surface area (Å²) in [7, 11) is 0. The van der Waals surface area contributed by atoms with E-state index in [2.05, 4.69) is 15.9 Å². The number of benzene rings is 1. The van der Waals surface area contributed by atoms with Crippen LogP contribution in [0.25, 0.3) is 0 Å². The summed E-state index contributed by atoms with van der Waals surface area (Å²) in [5, 5.41) is 18.2. The van der Waals surface area contributed by atoms with Crippen molar-refractivity contribution in [3.05, 3.63) is 35.9 Å². The molecule has 0 radical (unpaired) electrons. The van der Waals surface area contributed by atoms with E-state index in [9.17, 15) is 9.90 Å². The average Bonchev–Trinajstić information content (AvgIpc) is 2.67. The third-order valence-corrected chi connectivity index (χ3v) is 3.45. The van der Waals surface area contributed by atoms with Crippen LogP contribution < -0.4 is 0 Å². The van der Waals surface area contributed by atoms with Crippen molar-refractivity contribution in [1.29, 1.82) is 0 Å². The van der Waals surface area contributed by atoms with Gasteiger partial charge in [-0.15, -0.1) is 0 Å². The Bertz CT molecular complexity index is 410. The lowest BCUT2D eigenvalue weighted by molar-refractivity contribution is -0.0174. The molecular weight excluding hydrogens is 304 g/mol. The molecule has 0 saturated carbocycles. The van der Waals surface area contributed by atoms with E-state index in [0.717, 1.165) is 0 Å². The zero-order valence-electron chi connectivity index (χ0n) is 9.40.